The first-order valence-electron chi connectivity index (χ1n) is 7.13. The molecule has 2 heterocycles. The molecule has 0 radical (unpaired) electrons. The van der Waals surface area contributed by atoms with E-state index in [1.807, 2.05) is 35.7 Å². The van der Waals surface area contributed by atoms with E-state index in [2.05, 4.69) is 5.32 Å². The number of amides is 2. The zero-order valence-electron chi connectivity index (χ0n) is 12.6. The second kappa shape index (κ2) is 6.66. The van der Waals surface area contributed by atoms with Crippen LogP contribution >= 0.6 is 11.3 Å². The molecule has 23 heavy (non-hydrogen) atoms. The molecular weight excluding hydrogens is 312 g/mol. The lowest BCUT2D eigenvalue weighted by Gasteiger charge is -2.16. The summed E-state index contributed by atoms with van der Waals surface area (Å²) in [6.45, 7) is 0.853. The van der Waals surface area contributed by atoms with Crippen molar-refractivity contribution in [1.29, 1.82) is 0 Å². The Hall–Kier alpha value is -2.60. The van der Waals surface area contributed by atoms with Gasteiger partial charge in [-0.15, -0.1) is 0 Å². The van der Waals surface area contributed by atoms with Gasteiger partial charge in [-0.1, -0.05) is 18.2 Å². The summed E-state index contributed by atoms with van der Waals surface area (Å²) in [5.41, 5.74) is 2.66. The van der Waals surface area contributed by atoms with Gasteiger partial charge in [0.1, 0.15) is 5.75 Å². The summed E-state index contributed by atoms with van der Waals surface area (Å²) < 4.78 is 5.21. The molecule has 1 aromatic heterocycles. The highest BCUT2D eigenvalue weighted by atomic mass is 32.1. The van der Waals surface area contributed by atoms with Gasteiger partial charge in [0, 0.05) is 18.5 Å². The van der Waals surface area contributed by atoms with Gasteiger partial charge in [0.2, 0.25) is 0 Å². The van der Waals surface area contributed by atoms with Gasteiger partial charge < -0.3 is 15.0 Å². The molecule has 0 atom stereocenters. The highest BCUT2D eigenvalue weighted by molar-refractivity contribution is 7.08. The van der Waals surface area contributed by atoms with Gasteiger partial charge in [-0.2, -0.15) is 11.3 Å². The van der Waals surface area contributed by atoms with E-state index in [4.69, 9.17) is 4.74 Å². The number of hydrogen-bond acceptors (Lipinski definition) is 4. The van der Waals surface area contributed by atoms with Crippen LogP contribution in [0.3, 0.4) is 0 Å². The van der Waals surface area contributed by atoms with E-state index >= 15 is 0 Å². The topological polar surface area (TPSA) is 58.6 Å². The summed E-state index contributed by atoms with van der Waals surface area (Å²) in [5.74, 6) is -0.364. The van der Waals surface area contributed by atoms with Crippen molar-refractivity contribution in [1.82, 2.24) is 4.90 Å². The number of thiophene rings is 1. The summed E-state index contributed by atoms with van der Waals surface area (Å²) in [6.07, 6.45) is 1.96. The Labute approximate surface area is 138 Å². The lowest BCUT2D eigenvalue weighted by molar-refractivity contribution is -0.142. The standard InChI is InChI=1S/C17H16N2O3S/c1-22-15-4-2-3-12(9-15)13-5-7-19(10-13)17(21)16(20)18-14-6-8-23-11-14/h2-6,8-9,11H,7,10H2,1H3,(H,18,20). The zero-order chi connectivity index (χ0) is 16.2. The van der Waals surface area contributed by atoms with Crippen LogP contribution in [0.5, 0.6) is 5.75 Å². The van der Waals surface area contributed by atoms with Crippen LogP contribution < -0.4 is 10.1 Å². The van der Waals surface area contributed by atoms with Crippen LogP contribution in [0.2, 0.25) is 0 Å². The minimum atomic E-state index is -0.608. The van der Waals surface area contributed by atoms with E-state index in [9.17, 15) is 9.59 Å². The van der Waals surface area contributed by atoms with Crippen LogP contribution in [0.4, 0.5) is 5.69 Å². The quantitative estimate of drug-likeness (QED) is 0.881. The van der Waals surface area contributed by atoms with Gasteiger partial charge in [0.05, 0.1) is 12.8 Å². The van der Waals surface area contributed by atoms with Crippen LogP contribution in [-0.2, 0) is 9.59 Å². The third kappa shape index (κ3) is 3.43. The molecule has 0 saturated heterocycles. The minimum absolute atomic E-state index is 0.420. The second-order valence-corrected chi connectivity index (χ2v) is 5.89. The number of hydrogen-bond donors (Lipinski definition) is 1. The number of nitrogens with one attached hydrogen (secondary N) is 1. The summed E-state index contributed by atoms with van der Waals surface area (Å²) in [6, 6.07) is 9.43. The van der Waals surface area contributed by atoms with Crippen molar-refractivity contribution in [2.75, 3.05) is 25.5 Å². The molecule has 2 amide bonds. The number of carbonyl (C=O) groups excluding carboxylic acids is 2. The van der Waals surface area contributed by atoms with Crippen molar-refractivity contribution in [2.45, 2.75) is 0 Å². The molecule has 6 heteroatoms. The maximum absolute atomic E-state index is 12.2. The van der Waals surface area contributed by atoms with Crippen molar-refractivity contribution >= 4 is 34.4 Å². The highest BCUT2D eigenvalue weighted by Gasteiger charge is 2.26. The number of rotatable bonds is 3. The van der Waals surface area contributed by atoms with E-state index in [1.54, 1.807) is 18.6 Å². The molecule has 1 aliphatic heterocycles. The monoisotopic (exact) mass is 328 g/mol. The van der Waals surface area contributed by atoms with E-state index in [0.29, 0.717) is 18.8 Å². The number of benzene rings is 1. The molecule has 0 aliphatic carbocycles. The molecule has 0 unspecified atom stereocenters. The van der Waals surface area contributed by atoms with E-state index < -0.39 is 11.8 Å². The Morgan fingerprint density at radius 2 is 2.17 bits per heavy atom. The Bertz CT molecular complexity index is 753. The molecule has 0 fully saturated rings. The third-order valence-corrected chi connectivity index (χ3v) is 4.30. The minimum Gasteiger partial charge on any atom is -0.497 e. The fourth-order valence-electron chi connectivity index (χ4n) is 2.41. The third-order valence-electron chi connectivity index (χ3n) is 3.62. The molecule has 1 aromatic carbocycles. The number of carbonyl (C=O) groups is 2. The molecule has 118 valence electrons. The number of nitrogens with zero attached hydrogens (tertiary/aromatic N) is 1. The fourth-order valence-corrected chi connectivity index (χ4v) is 2.99. The van der Waals surface area contributed by atoms with Gasteiger partial charge in [0.25, 0.3) is 0 Å². The van der Waals surface area contributed by atoms with Crippen molar-refractivity contribution < 1.29 is 14.3 Å². The van der Waals surface area contributed by atoms with E-state index in [1.165, 1.54) is 16.2 Å². The van der Waals surface area contributed by atoms with Crippen LogP contribution in [0.15, 0.2) is 47.2 Å². The first-order chi connectivity index (χ1) is 11.2. The zero-order valence-corrected chi connectivity index (χ0v) is 13.4. The summed E-state index contributed by atoms with van der Waals surface area (Å²) >= 11 is 1.46. The Morgan fingerprint density at radius 3 is 2.91 bits per heavy atom. The number of ether oxygens (including phenoxy) is 1. The molecule has 0 bridgehead atoms. The van der Waals surface area contributed by atoms with Crippen LogP contribution in [-0.4, -0.2) is 36.9 Å². The maximum atomic E-state index is 12.2. The van der Waals surface area contributed by atoms with Gasteiger partial charge in [-0.05, 0) is 34.7 Å². The van der Waals surface area contributed by atoms with Crippen molar-refractivity contribution in [3.63, 3.8) is 0 Å². The SMILES string of the molecule is COc1cccc(C2=CCN(C(=O)C(=O)Nc3ccsc3)C2)c1. The average Bonchev–Trinajstić information content (AvgIpc) is 3.25. The number of anilines is 1. The normalized spacial score (nSPS) is 13.6. The lowest BCUT2D eigenvalue weighted by Crippen LogP contribution is -2.38. The Balaban J connectivity index is 1.64. The molecular formula is C17H16N2O3S. The van der Waals surface area contributed by atoms with Crippen LogP contribution in [0, 0.1) is 0 Å². The van der Waals surface area contributed by atoms with Crippen molar-refractivity contribution in [3.8, 4) is 5.75 Å². The van der Waals surface area contributed by atoms with E-state index in [0.717, 1.165) is 16.9 Å². The summed E-state index contributed by atoms with van der Waals surface area (Å²) in [4.78, 5) is 25.8. The molecule has 3 rings (SSSR count). The largest absolute Gasteiger partial charge is 0.497 e. The molecule has 0 spiro atoms. The molecule has 1 N–H and O–H groups in total. The fraction of sp³-hybridized carbons (Fsp3) is 0.176. The molecule has 5 nitrogen and oxygen atoms in total. The number of methoxy groups -OCH3 is 1. The predicted molar refractivity (Wildman–Crippen MR) is 90.5 cm³/mol. The lowest BCUT2D eigenvalue weighted by atomic mass is 10.1. The van der Waals surface area contributed by atoms with Crippen molar-refractivity contribution in [3.05, 3.63) is 52.7 Å². The Kier molecular flexibility index (Phi) is 4.43. The summed E-state index contributed by atoms with van der Waals surface area (Å²) in [5, 5.41) is 6.24. The molecule has 1 aliphatic rings. The van der Waals surface area contributed by atoms with Gasteiger partial charge in [-0.3, -0.25) is 9.59 Å². The van der Waals surface area contributed by atoms with Crippen molar-refractivity contribution in [2.24, 2.45) is 0 Å². The van der Waals surface area contributed by atoms with Crippen LogP contribution in [0.25, 0.3) is 5.57 Å². The first kappa shape index (κ1) is 15.3. The van der Waals surface area contributed by atoms with Gasteiger partial charge >= 0.3 is 11.8 Å². The smallest absolute Gasteiger partial charge is 0.313 e. The Morgan fingerprint density at radius 1 is 1.30 bits per heavy atom. The molecule has 0 saturated carbocycles. The first-order valence-corrected chi connectivity index (χ1v) is 8.07. The predicted octanol–water partition coefficient (Wildman–Crippen LogP) is 2.62. The molecule has 2 aromatic rings. The van der Waals surface area contributed by atoms with Crippen LogP contribution in [0.1, 0.15) is 5.56 Å². The second-order valence-electron chi connectivity index (χ2n) is 5.11. The van der Waals surface area contributed by atoms with Gasteiger partial charge in [-0.25, -0.2) is 0 Å². The maximum Gasteiger partial charge on any atom is 0.313 e. The summed E-state index contributed by atoms with van der Waals surface area (Å²) in [7, 11) is 1.62. The highest BCUT2D eigenvalue weighted by Crippen LogP contribution is 2.24. The average molecular weight is 328 g/mol. The van der Waals surface area contributed by atoms with E-state index in [-0.39, 0.29) is 0 Å². The van der Waals surface area contributed by atoms with Gasteiger partial charge in [0.15, 0.2) is 0 Å².